The van der Waals surface area contributed by atoms with Crippen molar-refractivity contribution in [2.75, 3.05) is 17.7 Å². The number of rotatable bonds is 6. The highest BCUT2D eigenvalue weighted by atomic mass is 32.2. The number of carbonyl (C=O) groups excluding carboxylic acids is 1. The molecule has 0 N–H and O–H groups in total. The lowest BCUT2D eigenvalue weighted by Gasteiger charge is -2.25. The fraction of sp³-hybridized carbons (Fsp3) is 0.350. The molecule has 26 heavy (non-hydrogen) atoms. The van der Waals surface area contributed by atoms with E-state index in [-0.39, 0.29) is 31.5 Å². The first-order valence-electron chi connectivity index (χ1n) is 8.75. The number of sulfonamides is 1. The van der Waals surface area contributed by atoms with Crippen LogP contribution in [0.25, 0.3) is 0 Å². The Labute approximate surface area is 155 Å². The van der Waals surface area contributed by atoms with Gasteiger partial charge in [-0.05, 0) is 30.5 Å². The lowest BCUT2D eigenvalue weighted by atomic mass is 10.1. The van der Waals surface area contributed by atoms with Crippen LogP contribution in [0.15, 0.2) is 54.6 Å². The molecule has 1 amide bonds. The molecule has 3 rings (SSSR count). The molecule has 0 saturated carbocycles. The second-order valence-electron chi connectivity index (χ2n) is 6.78. The second kappa shape index (κ2) is 7.60. The average molecular weight is 372 g/mol. The minimum Gasteiger partial charge on any atom is -0.309 e. The summed E-state index contributed by atoms with van der Waals surface area (Å²) in [4.78, 5) is 14.6. The molecule has 1 aliphatic rings. The van der Waals surface area contributed by atoms with Crippen LogP contribution in [0.3, 0.4) is 0 Å². The lowest BCUT2D eigenvalue weighted by Crippen LogP contribution is -2.39. The molecule has 0 fully saturated rings. The van der Waals surface area contributed by atoms with Crippen LogP contribution < -0.4 is 4.90 Å². The molecule has 1 heterocycles. The van der Waals surface area contributed by atoms with Gasteiger partial charge in [-0.2, -0.15) is 4.31 Å². The van der Waals surface area contributed by atoms with Crippen molar-refractivity contribution in [1.82, 2.24) is 4.31 Å². The van der Waals surface area contributed by atoms with Gasteiger partial charge in [-0.15, -0.1) is 0 Å². The summed E-state index contributed by atoms with van der Waals surface area (Å²) in [6.45, 7) is 2.48. The summed E-state index contributed by atoms with van der Waals surface area (Å²) < 4.78 is 25.6. The Bertz CT molecular complexity index is 881. The van der Waals surface area contributed by atoms with Crippen molar-refractivity contribution in [3.8, 4) is 0 Å². The largest absolute Gasteiger partial charge is 0.309 e. The molecule has 1 unspecified atom stereocenters. The number of hydrogen-bond acceptors (Lipinski definition) is 3. The van der Waals surface area contributed by atoms with Crippen molar-refractivity contribution in [3.05, 3.63) is 65.7 Å². The molecule has 1 aliphatic heterocycles. The Kier molecular flexibility index (Phi) is 5.44. The summed E-state index contributed by atoms with van der Waals surface area (Å²) >= 11 is 0. The van der Waals surface area contributed by atoms with Crippen LogP contribution in [0.5, 0.6) is 0 Å². The third kappa shape index (κ3) is 4.14. The van der Waals surface area contributed by atoms with Crippen molar-refractivity contribution in [3.63, 3.8) is 0 Å². The van der Waals surface area contributed by atoms with E-state index in [1.54, 1.807) is 4.90 Å². The number of anilines is 1. The molecular weight excluding hydrogens is 348 g/mol. The fourth-order valence-electron chi connectivity index (χ4n) is 3.44. The SMILES string of the molecule is CC1Cc2ccccc2N1C(=O)CCN(Cc1ccccc1)S(C)(=O)=O. The van der Waals surface area contributed by atoms with Gasteiger partial charge in [0.2, 0.25) is 15.9 Å². The Hall–Kier alpha value is -2.18. The van der Waals surface area contributed by atoms with Gasteiger partial charge < -0.3 is 4.90 Å². The zero-order valence-corrected chi connectivity index (χ0v) is 15.9. The molecule has 5 nitrogen and oxygen atoms in total. The zero-order valence-electron chi connectivity index (χ0n) is 15.1. The summed E-state index contributed by atoms with van der Waals surface area (Å²) in [7, 11) is -3.39. The monoisotopic (exact) mass is 372 g/mol. The molecule has 0 saturated heterocycles. The van der Waals surface area contributed by atoms with E-state index < -0.39 is 10.0 Å². The maximum Gasteiger partial charge on any atom is 0.228 e. The molecule has 0 radical (unpaired) electrons. The Morgan fingerprint density at radius 2 is 1.77 bits per heavy atom. The normalized spacial score (nSPS) is 16.7. The van der Waals surface area contributed by atoms with Crippen LogP contribution in [0.2, 0.25) is 0 Å². The number of fused-ring (bicyclic) bond motifs is 1. The van der Waals surface area contributed by atoms with Crippen LogP contribution in [0, 0.1) is 0 Å². The van der Waals surface area contributed by atoms with Crippen molar-refractivity contribution in [2.24, 2.45) is 0 Å². The summed E-state index contributed by atoms with van der Waals surface area (Å²) in [5.41, 5.74) is 3.02. The molecule has 0 spiro atoms. The van der Waals surface area contributed by atoms with Crippen molar-refractivity contribution < 1.29 is 13.2 Å². The number of benzene rings is 2. The van der Waals surface area contributed by atoms with E-state index in [0.29, 0.717) is 0 Å². The Morgan fingerprint density at radius 3 is 2.46 bits per heavy atom. The van der Waals surface area contributed by atoms with Gasteiger partial charge in [0.1, 0.15) is 0 Å². The molecule has 138 valence electrons. The van der Waals surface area contributed by atoms with Crippen LogP contribution in [-0.4, -0.2) is 37.5 Å². The predicted molar refractivity (Wildman–Crippen MR) is 103 cm³/mol. The predicted octanol–water partition coefficient (Wildman–Crippen LogP) is 2.82. The minimum absolute atomic E-state index is 0.0378. The lowest BCUT2D eigenvalue weighted by molar-refractivity contribution is -0.119. The van der Waals surface area contributed by atoms with Crippen LogP contribution >= 0.6 is 0 Å². The molecule has 6 heteroatoms. The summed E-state index contributed by atoms with van der Waals surface area (Å²) in [5.74, 6) is -0.0378. The van der Waals surface area contributed by atoms with E-state index >= 15 is 0 Å². The van der Waals surface area contributed by atoms with E-state index in [9.17, 15) is 13.2 Å². The molecule has 0 aliphatic carbocycles. The number of para-hydroxylation sites is 1. The van der Waals surface area contributed by atoms with Gasteiger partial charge in [0.25, 0.3) is 0 Å². The zero-order chi connectivity index (χ0) is 18.7. The van der Waals surface area contributed by atoms with Crippen molar-refractivity contribution in [1.29, 1.82) is 0 Å². The molecule has 0 aromatic heterocycles. The first kappa shape index (κ1) is 18.6. The Morgan fingerprint density at radius 1 is 1.12 bits per heavy atom. The first-order valence-corrected chi connectivity index (χ1v) is 10.6. The smallest absolute Gasteiger partial charge is 0.228 e. The van der Waals surface area contributed by atoms with E-state index in [2.05, 4.69) is 0 Å². The average Bonchev–Trinajstić information content (AvgIpc) is 2.94. The van der Waals surface area contributed by atoms with Gasteiger partial charge in [0.15, 0.2) is 0 Å². The first-order chi connectivity index (χ1) is 12.4. The van der Waals surface area contributed by atoms with Gasteiger partial charge in [-0.1, -0.05) is 48.5 Å². The molecule has 2 aromatic carbocycles. The van der Waals surface area contributed by atoms with E-state index in [4.69, 9.17) is 0 Å². The van der Waals surface area contributed by atoms with Gasteiger partial charge >= 0.3 is 0 Å². The molecule has 2 aromatic rings. The summed E-state index contributed by atoms with van der Waals surface area (Å²) in [6, 6.07) is 17.4. The maximum absolute atomic E-state index is 12.8. The van der Waals surface area contributed by atoms with E-state index in [0.717, 1.165) is 23.2 Å². The van der Waals surface area contributed by atoms with E-state index in [1.165, 1.54) is 10.6 Å². The number of nitrogens with zero attached hydrogens (tertiary/aromatic N) is 2. The van der Waals surface area contributed by atoms with Crippen molar-refractivity contribution in [2.45, 2.75) is 32.4 Å². The highest BCUT2D eigenvalue weighted by Gasteiger charge is 2.31. The van der Waals surface area contributed by atoms with Crippen LogP contribution in [0.1, 0.15) is 24.5 Å². The molecule has 1 atom stereocenters. The highest BCUT2D eigenvalue weighted by Crippen LogP contribution is 2.32. The number of hydrogen-bond donors (Lipinski definition) is 0. The standard InChI is InChI=1S/C20H24N2O3S/c1-16-14-18-10-6-7-11-19(18)22(16)20(23)12-13-21(26(2,24)25)15-17-8-4-3-5-9-17/h3-11,16H,12-15H2,1-2H3. The molecule has 0 bridgehead atoms. The molecular formula is C20H24N2O3S. The van der Waals surface area contributed by atoms with Crippen molar-refractivity contribution >= 4 is 21.6 Å². The summed E-state index contributed by atoms with van der Waals surface area (Å²) in [6.07, 6.45) is 2.19. The highest BCUT2D eigenvalue weighted by molar-refractivity contribution is 7.88. The van der Waals surface area contributed by atoms with Gasteiger partial charge in [-0.25, -0.2) is 8.42 Å². The third-order valence-corrected chi connectivity index (χ3v) is 5.97. The number of amides is 1. The number of carbonyl (C=O) groups is 1. The van der Waals surface area contributed by atoms with Gasteiger partial charge in [0.05, 0.1) is 6.26 Å². The second-order valence-corrected chi connectivity index (χ2v) is 8.76. The van der Waals surface area contributed by atoms with E-state index in [1.807, 2.05) is 61.5 Å². The minimum atomic E-state index is -3.39. The fourth-order valence-corrected chi connectivity index (χ4v) is 4.24. The van der Waals surface area contributed by atoms with Crippen LogP contribution in [-0.2, 0) is 27.8 Å². The topological polar surface area (TPSA) is 57.7 Å². The quantitative estimate of drug-likeness (QED) is 0.783. The van der Waals surface area contributed by atoms with Gasteiger partial charge in [-0.3, -0.25) is 4.79 Å². The third-order valence-electron chi connectivity index (χ3n) is 4.72. The maximum atomic E-state index is 12.8. The Balaban J connectivity index is 1.70. The van der Waals surface area contributed by atoms with Gasteiger partial charge in [0, 0.05) is 31.2 Å². The van der Waals surface area contributed by atoms with Crippen LogP contribution in [0.4, 0.5) is 5.69 Å². The summed E-state index contributed by atoms with van der Waals surface area (Å²) in [5, 5.41) is 0.